The third-order valence-corrected chi connectivity index (χ3v) is 2.95. The van der Waals surface area contributed by atoms with Crippen LogP contribution < -0.4 is 5.73 Å². The van der Waals surface area contributed by atoms with Gasteiger partial charge in [0.2, 0.25) is 5.89 Å². The lowest BCUT2D eigenvalue weighted by atomic mass is 10.1. The predicted octanol–water partition coefficient (Wildman–Crippen LogP) is 2.25. The summed E-state index contributed by atoms with van der Waals surface area (Å²) in [4.78, 5) is 4.36. The molecule has 0 spiro atoms. The van der Waals surface area contributed by atoms with Crippen LogP contribution in [0.25, 0.3) is 0 Å². The van der Waals surface area contributed by atoms with E-state index in [4.69, 9.17) is 10.3 Å². The van der Waals surface area contributed by atoms with Gasteiger partial charge in [-0.1, -0.05) is 41.9 Å². The van der Waals surface area contributed by atoms with Crippen molar-refractivity contribution < 1.29 is 4.52 Å². The molecule has 0 aliphatic carbocycles. The van der Waals surface area contributed by atoms with Crippen molar-refractivity contribution in [2.75, 3.05) is 0 Å². The summed E-state index contributed by atoms with van der Waals surface area (Å²) in [5.74, 6) is 1.35. The van der Waals surface area contributed by atoms with E-state index in [1.165, 1.54) is 11.1 Å². The van der Waals surface area contributed by atoms with E-state index in [-0.39, 0.29) is 6.04 Å². The van der Waals surface area contributed by atoms with E-state index in [9.17, 15) is 0 Å². The van der Waals surface area contributed by atoms with Gasteiger partial charge in [0.25, 0.3) is 0 Å². The quantitative estimate of drug-likeness (QED) is 0.877. The van der Waals surface area contributed by atoms with Gasteiger partial charge in [-0.25, -0.2) is 0 Å². The van der Waals surface area contributed by atoms with Gasteiger partial charge in [-0.3, -0.25) is 0 Å². The van der Waals surface area contributed by atoms with Crippen molar-refractivity contribution in [2.45, 2.75) is 39.2 Å². The molecule has 1 aromatic heterocycles. The third kappa shape index (κ3) is 3.40. The number of hydrogen-bond donors (Lipinski definition) is 1. The van der Waals surface area contributed by atoms with E-state index >= 15 is 0 Å². The van der Waals surface area contributed by atoms with Crippen molar-refractivity contribution in [3.05, 3.63) is 47.1 Å². The highest BCUT2D eigenvalue weighted by atomic mass is 16.5. The number of aromatic nitrogens is 2. The van der Waals surface area contributed by atoms with E-state index < -0.39 is 0 Å². The molecule has 96 valence electrons. The van der Waals surface area contributed by atoms with Gasteiger partial charge in [0.15, 0.2) is 5.82 Å². The Balaban J connectivity index is 2.00. The van der Waals surface area contributed by atoms with Gasteiger partial charge in [-0.05, 0) is 18.9 Å². The maximum Gasteiger partial charge on any atom is 0.228 e. The van der Waals surface area contributed by atoms with Gasteiger partial charge in [-0.15, -0.1) is 0 Å². The molecule has 1 unspecified atom stereocenters. The van der Waals surface area contributed by atoms with Gasteiger partial charge < -0.3 is 10.3 Å². The Bertz CT molecular complexity index is 490. The Morgan fingerprint density at radius 1 is 1.28 bits per heavy atom. The van der Waals surface area contributed by atoms with Crippen LogP contribution in [-0.4, -0.2) is 16.2 Å². The maximum atomic E-state index is 5.86. The van der Waals surface area contributed by atoms with Crippen molar-refractivity contribution >= 4 is 0 Å². The molecule has 1 heterocycles. The van der Waals surface area contributed by atoms with Gasteiger partial charge in [-0.2, -0.15) is 4.98 Å². The summed E-state index contributed by atoms with van der Waals surface area (Å²) in [6.07, 6.45) is 2.26. The van der Waals surface area contributed by atoms with Crippen LogP contribution in [0.5, 0.6) is 0 Å². The number of aryl methyl sites for hydroxylation is 1. The summed E-state index contributed by atoms with van der Waals surface area (Å²) < 4.78 is 5.19. The summed E-state index contributed by atoms with van der Waals surface area (Å²) >= 11 is 0. The number of nitrogens with two attached hydrogens (primary N) is 1. The van der Waals surface area contributed by atoms with Gasteiger partial charge in [0, 0.05) is 18.9 Å². The molecule has 2 N–H and O–H groups in total. The first kappa shape index (κ1) is 12.8. The summed E-state index contributed by atoms with van der Waals surface area (Å²) in [7, 11) is 0. The number of hydrogen-bond acceptors (Lipinski definition) is 4. The first-order valence-corrected chi connectivity index (χ1v) is 6.30. The molecule has 0 amide bonds. The monoisotopic (exact) mass is 245 g/mol. The SMILES string of the molecule is CCC(N)Cc1nc(Cc2ccc(C)cc2)no1. The Labute approximate surface area is 107 Å². The van der Waals surface area contributed by atoms with Gasteiger partial charge in [0.05, 0.1) is 0 Å². The fourth-order valence-corrected chi connectivity index (χ4v) is 1.70. The molecule has 0 bridgehead atoms. The molecule has 1 aromatic carbocycles. The van der Waals surface area contributed by atoms with Crippen LogP contribution in [0.3, 0.4) is 0 Å². The minimum Gasteiger partial charge on any atom is -0.339 e. The van der Waals surface area contributed by atoms with Crippen LogP contribution in [0, 0.1) is 6.92 Å². The summed E-state index contributed by atoms with van der Waals surface area (Å²) in [5.41, 5.74) is 8.29. The average molecular weight is 245 g/mol. The zero-order valence-corrected chi connectivity index (χ0v) is 10.9. The summed E-state index contributed by atoms with van der Waals surface area (Å²) in [6, 6.07) is 8.44. The van der Waals surface area contributed by atoms with E-state index in [2.05, 4.69) is 41.3 Å². The molecule has 0 saturated heterocycles. The smallest absolute Gasteiger partial charge is 0.228 e. The van der Waals surface area contributed by atoms with Crippen LogP contribution >= 0.6 is 0 Å². The first-order chi connectivity index (χ1) is 8.67. The highest BCUT2D eigenvalue weighted by Crippen LogP contribution is 2.09. The third-order valence-electron chi connectivity index (χ3n) is 2.95. The number of nitrogens with zero attached hydrogens (tertiary/aromatic N) is 2. The Hall–Kier alpha value is -1.68. The fourth-order valence-electron chi connectivity index (χ4n) is 1.70. The van der Waals surface area contributed by atoms with E-state index in [0.29, 0.717) is 18.7 Å². The van der Waals surface area contributed by atoms with Gasteiger partial charge >= 0.3 is 0 Å². The van der Waals surface area contributed by atoms with E-state index in [1.54, 1.807) is 0 Å². The number of rotatable bonds is 5. The second-order valence-electron chi connectivity index (χ2n) is 4.64. The fraction of sp³-hybridized carbons (Fsp3) is 0.429. The normalized spacial score (nSPS) is 12.6. The molecule has 0 fully saturated rings. The lowest BCUT2D eigenvalue weighted by Crippen LogP contribution is -2.21. The van der Waals surface area contributed by atoms with Crippen molar-refractivity contribution in [3.8, 4) is 0 Å². The van der Waals surface area contributed by atoms with Crippen LogP contribution in [0.1, 0.15) is 36.2 Å². The zero-order chi connectivity index (χ0) is 13.0. The van der Waals surface area contributed by atoms with Crippen molar-refractivity contribution in [2.24, 2.45) is 5.73 Å². The van der Waals surface area contributed by atoms with E-state index in [0.717, 1.165) is 12.2 Å². The molecule has 0 radical (unpaired) electrons. The molecule has 2 aromatic rings. The highest BCUT2D eigenvalue weighted by molar-refractivity contribution is 5.23. The highest BCUT2D eigenvalue weighted by Gasteiger charge is 2.10. The lowest BCUT2D eigenvalue weighted by molar-refractivity contribution is 0.363. The molecule has 1 atom stereocenters. The topological polar surface area (TPSA) is 64.9 Å². The van der Waals surface area contributed by atoms with Gasteiger partial charge in [0.1, 0.15) is 0 Å². The molecule has 0 aliphatic heterocycles. The average Bonchev–Trinajstić information content (AvgIpc) is 2.79. The van der Waals surface area contributed by atoms with Crippen molar-refractivity contribution in [1.29, 1.82) is 0 Å². The second kappa shape index (κ2) is 5.78. The van der Waals surface area contributed by atoms with Crippen LogP contribution in [-0.2, 0) is 12.8 Å². The number of benzene rings is 1. The largest absolute Gasteiger partial charge is 0.339 e. The summed E-state index contributed by atoms with van der Waals surface area (Å²) in [6.45, 7) is 4.12. The first-order valence-electron chi connectivity index (χ1n) is 6.30. The second-order valence-corrected chi connectivity index (χ2v) is 4.64. The van der Waals surface area contributed by atoms with Crippen LogP contribution in [0.15, 0.2) is 28.8 Å². The predicted molar refractivity (Wildman–Crippen MR) is 70.3 cm³/mol. The van der Waals surface area contributed by atoms with Crippen molar-refractivity contribution in [3.63, 3.8) is 0 Å². The molecular formula is C14H19N3O. The maximum absolute atomic E-state index is 5.86. The molecule has 0 aliphatic rings. The van der Waals surface area contributed by atoms with E-state index in [1.807, 2.05) is 6.92 Å². The Morgan fingerprint density at radius 3 is 2.67 bits per heavy atom. The Kier molecular flexibility index (Phi) is 4.10. The Morgan fingerprint density at radius 2 is 2.00 bits per heavy atom. The zero-order valence-electron chi connectivity index (χ0n) is 10.9. The van der Waals surface area contributed by atoms with Crippen molar-refractivity contribution in [1.82, 2.24) is 10.1 Å². The molecule has 0 saturated carbocycles. The lowest BCUT2D eigenvalue weighted by Gasteiger charge is -2.02. The minimum absolute atomic E-state index is 0.0951. The molecule has 4 nitrogen and oxygen atoms in total. The van der Waals surface area contributed by atoms with Crippen LogP contribution in [0.4, 0.5) is 0 Å². The molecule has 4 heteroatoms. The van der Waals surface area contributed by atoms with Crippen LogP contribution in [0.2, 0.25) is 0 Å². The summed E-state index contributed by atoms with van der Waals surface area (Å²) in [5, 5.41) is 3.98. The standard InChI is InChI=1S/C14H19N3O/c1-3-12(15)9-14-16-13(17-18-14)8-11-6-4-10(2)5-7-11/h4-7,12H,3,8-9,15H2,1-2H3. The molecule has 18 heavy (non-hydrogen) atoms. The molecule has 2 rings (SSSR count). The molecular weight excluding hydrogens is 226 g/mol. The minimum atomic E-state index is 0.0951.